The molecule has 0 fully saturated rings. The summed E-state index contributed by atoms with van der Waals surface area (Å²) in [5.74, 6) is 0.722. The van der Waals surface area contributed by atoms with Crippen LogP contribution in [0.25, 0.3) is 20.4 Å². The maximum atomic E-state index is 13.5. The number of Topliss-reactive ketones (excluding diaryl/α,β-unsaturated/α-hetero) is 1. The number of rotatable bonds is 7. The van der Waals surface area contributed by atoms with E-state index in [4.69, 9.17) is 9.72 Å². The Morgan fingerprint density at radius 1 is 1.09 bits per heavy atom. The average Bonchev–Trinajstić information content (AvgIpc) is 3.24. The summed E-state index contributed by atoms with van der Waals surface area (Å²) >= 11 is 2.62. The van der Waals surface area contributed by atoms with Gasteiger partial charge in [-0.05, 0) is 29.8 Å². The standard InChI is InChI=1S/C25H19N3O3S2/c1-31-18-10-5-9-17(13-18)20(29)15-32-25-27-21-19-11-6-12-26-23(19)33-22(21)24(30)28(25)14-16-7-3-2-4-8-16/h2-13H,14-15H2,1H3. The summed E-state index contributed by atoms with van der Waals surface area (Å²) in [5.41, 5.74) is 2.06. The Kier molecular flexibility index (Phi) is 5.93. The Labute approximate surface area is 197 Å². The minimum absolute atomic E-state index is 0.0589. The van der Waals surface area contributed by atoms with Gasteiger partial charge < -0.3 is 4.74 Å². The fourth-order valence-corrected chi connectivity index (χ4v) is 5.48. The first-order chi connectivity index (χ1) is 16.1. The van der Waals surface area contributed by atoms with Gasteiger partial charge in [0.15, 0.2) is 10.9 Å². The molecular formula is C25H19N3O3S2. The zero-order valence-electron chi connectivity index (χ0n) is 17.7. The quantitative estimate of drug-likeness (QED) is 0.187. The van der Waals surface area contributed by atoms with Crippen LogP contribution in [0.2, 0.25) is 0 Å². The topological polar surface area (TPSA) is 74.1 Å². The first-order valence-electron chi connectivity index (χ1n) is 10.3. The van der Waals surface area contributed by atoms with Crippen LogP contribution in [-0.4, -0.2) is 33.2 Å². The summed E-state index contributed by atoms with van der Waals surface area (Å²) in [6.45, 7) is 0.375. The van der Waals surface area contributed by atoms with Gasteiger partial charge in [-0.2, -0.15) is 0 Å². The number of ether oxygens (including phenoxy) is 1. The van der Waals surface area contributed by atoms with Gasteiger partial charge in [-0.3, -0.25) is 14.2 Å². The van der Waals surface area contributed by atoms with E-state index in [1.165, 1.54) is 23.1 Å². The summed E-state index contributed by atoms with van der Waals surface area (Å²) in [4.78, 5) is 36.4. The normalized spacial score (nSPS) is 11.2. The molecule has 0 amide bonds. The fraction of sp³-hybridized carbons (Fsp3) is 0.120. The molecular weight excluding hydrogens is 454 g/mol. The molecule has 33 heavy (non-hydrogen) atoms. The van der Waals surface area contributed by atoms with Crippen molar-refractivity contribution in [3.05, 3.63) is 94.4 Å². The molecule has 0 bridgehead atoms. The molecule has 0 aliphatic carbocycles. The van der Waals surface area contributed by atoms with Gasteiger partial charge in [0.05, 0.1) is 24.9 Å². The SMILES string of the molecule is COc1cccc(C(=O)CSc2nc3c(sc4ncccc43)c(=O)n2Cc2ccccc2)c1. The number of hydrogen-bond donors (Lipinski definition) is 0. The lowest BCUT2D eigenvalue weighted by molar-refractivity contribution is 0.102. The third-order valence-corrected chi connectivity index (χ3v) is 7.29. The molecule has 2 aromatic carbocycles. The zero-order valence-corrected chi connectivity index (χ0v) is 19.4. The maximum absolute atomic E-state index is 13.5. The van der Waals surface area contributed by atoms with Crippen molar-refractivity contribution in [2.24, 2.45) is 0 Å². The predicted octanol–water partition coefficient (Wildman–Crippen LogP) is 5.04. The Balaban J connectivity index is 1.56. The molecule has 0 saturated carbocycles. The van der Waals surface area contributed by atoms with Crippen molar-refractivity contribution in [1.82, 2.24) is 14.5 Å². The van der Waals surface area contributed by atoms with E-state index >= 15 is 0 Å². The summed E-state index contributed by atoms with van der Waals surface area (Å²) in [5, 5.41) is 1.36. The van der Waals surface area contributed by atoms with Crippen molar-refractivity contribution < 1.29 is 9.53 Å². The largest absolute Gasteiger partial charge is 0.497 e. The predicted molar refractivity (Wildman–Crippen MR) is 133 cm³/mol. The summed E-state index contributed by atoms with van der Waals surface area (Å²) in [6, 6.07) is 20.6. The van der Waals surface area contributed by atoms with E-state index in [1.807, 2.05) is 42.5 Å². The minimum Gasteiger partial charge on any atom is -0.497 e. The van der Waals surface area contributed by atoms with Crippen molar-refractivity contribution in [2.45, 2.75) is 11.7 Å². The Morgan fingerprint density at radius 2 is 1.94 bits per heavy atom. The van der Waals surface area contributed by atoms with Crippen LogP contribution < -0.4 is 10.3 Å². The van der Waals surface area contributed by atoms with Crippen LogP contribution in [0.4, 0.5) is 0 Å². The minimum atomic E-state index is -0.122. The Bertz CT molecular complexity index is 1530. The van der Waals surface area contributed by atoms with Crippen molar-refractivity contribution in [3.63, 3.8) is 0 Å². The molecule has 0 unspecified atom stereocenters. The third-order valence-electron chi connectivity index (χ3n) is 5.23. The number of carbonyl (C=O) groups is 1. The molecule has 0 N–H and O–H groups in total. The second-order valence-corrected chi connectivity index (χ2v) is 9.29. The number of hydrogen-bond acceptors (Lipinski definition) is 7. The van der Waals surface area contributed by atoms with E-state index in [-0.39, 0.29) is 17.1 Å². The van der Waals surface area contributed by atoms with Gasteiger partial charge in [-0.25, -0.2) is 9.97 Å². The van der Waals surface area contributed by atoms with Gasteiger partial charge in [0, 0.05) is 17.1 Å². The van der Waals surface area contributed by atoms with Crippen LogP contribution in [0.1, 0.15) is 15.9 Å². The van der Waals surface area contributed by atoms with E-state index in [0.717, 1.165) is 15.8 Å². The fourth-order valence-electron chi connectivity index (χ4n) is 3.57. The number of nitrogens with zero attached hydrogens (tertiary/aromatic N) is 3. The highest BCUT2D eigenvalue weighted by atomic mass is 32.2. The van der Waals surface area contributed by atoms with E-state index in [2.05, 4.69) is 4.98 Å². The van der Waals surface area contributed by atoms with E-state index in [0.29, 0.717) is 33.2 Å². The number of pyridine rings is 1. The molecule has 0 saturated heterocycles. The van der Waals surface area contributed by atoms with E-state index in [1.54, 1.807) is 42.1 Å². The number of ketones is 1. The molecule has 0 radical (unpaired) electrons. The number of thiophene rings is 1. The summed E-state index contributed by atoms with van der Waals surface area (Å²) in [7, 11) is 1.57. The molecule has 0 atom stereocenters. The smallest absolute Gasteiger partial charge is 0.272 e. The molecule has 3 aromatic heterocycles. The zero-order chi connectivity index (χ0) is 22.8. The van der Waals surface area contributed by atoms with Crippen molar-refractivity contribution in [2.75, 3.05) is 12.9 Å². The highest BCUT2D eigenvalue weighted by Crippen LogP contribution is 2.31. The van der Waals surface area contributed by atoms with Crippen LogP contribution in [0.5, 0.6) is 5.75 Å². The lowest BCUT2D eigenvalue weighted by Gasteiger charge is -2.12. The van der Waals surface area contributed by atoms with Crippen LogP contribution in [0.15, 0.2) is 82.9 Å². The summed E-state index contributed by atoms with van der Waals surface area (Å²) < 4.78 is 7.45. The molecule has 164 valence electrons. The molecule has 0 aliphatic rings. The highest BCUT2D eigenvalue weighted by molar-refractivity contribution is 7.99. The van der Waals surface area contributed by atoms with E-state index < -0.39 is 0 Å². The average molecular weight is 474 g/mol. The van der Waals surface area contributed by atoms with Gasteiger partial charge in [-0.1, -0.05) is 54.2 Å². The molecule has 6 nitrogen and oxygen atoms in total. The number of benzene rings is 2. The molecule has 5 rings (SSSR count). The molecule has 0 spiro atoms. The van der Waals surface area contributed by atoms with E-state index in [9.17, 15) is 9.59 Å². The lowest BCUT2D eigenvalue weighted by atomic mass is 10.1. The second-order valence-electron chi connectivity index (χ2n) is 7.35. The molecule has 5 aromatic rings. The van der Waals surface area contributed by atoms with Crippen LogP contribution in [-0.2, 0) is 6.54 Å². The first kappa shape index (κ1) is 21.4. The second kappa shape index (κ2) is 9.17. The number of aromatic nitrogens is 3. The van der Waals surface area contributed by atoms with Gasteiger partial charge in [0.25, 0.3) is 5.56 Å². The molecule has 8 heteroatoms. The summed E-state index contributed by atoms with van der Waals surface area (Å²) in [6.07, 6.45) is 1.71. The molecule has 0 aliphatic heterocycles. The van der Waals surface area contributed by atoms with Gasteiger partial charge in [0.2, 0.25) is 0 Å². The van der Waals surface area contributed by atoms with Gasteiger partial charge in [-0.15, -0.1) is 11.3 Å². The number of methoxy groups -OCH3 is 1. The monoisotopic (exact) mass is 473 g/mol. The van der Waals surface area contributed by atoms with Crippen LogP contribution in [0.3, 0.4) is 0 Å². The molecule has 3 heterocycles. The van der Waals surface area contributed by atoms with Crippen LogP contribution in [0, 0.1) is 0 Å². The van der Waals surface area contributed by atoms with Crippen molar-refractivity contribution in [3.8, 4) is 5.75 Å². The van der Waals surface area contributed by atoms with Crippen LogP contribution >= 0.6 is 23.1 Å². The van der Waals surface area contributed by atoms with Gasteiger partial charge >= 0.3 is 0 Å². The number of carbonyl (C=O) groups excluding carboxylic acids is 1. The number of thioether (sulfide) groups is 1. The number of fused-ring (bicyclic) bond motifs is 3. The maximum Gasteiger partial charge on any atom is 0.272 e. The van der Waals surface area contributed by atoms with Crippen molar-refractivity contribution in [1.29, 1.82) is 0 Å². The highest BCUT2D eigenvalue weighted by Gasteiger charge is 2.18. The third kappa shape index (κ3) is 4.27. The Hall–Kier alpha value is -3.49. The lowest BCUT2D eigenvalue weighted by Crippen LogP contribution is -2.23. The Morgan fingerprint density at radius 3 is 2.76 bits per heavy atom. The van der Waals surface area contributed by atoms with Gasteiger partial charge in [0.1, 0.15) is 15.3 Å². The van der Waals surface area contributed by atoms with Crippen molar-refractivity contribution >= 4 is 49.3 Å². The first-order valence-corrected chi connectivity index (χ1v) is 12.1.